The van der Waals surface area contributed by atoms with Gasteiger partial charge in [-0.05, 0) is 12.8 Å². The van der Waals surface area contributed by atoms with E-state index in [0.29, 0.717) is 18.7 Å². The molecule has 7 nitrogen and oxygen atoms in total. The van der Waals surface area contributed by atoms with Gasteiger partial charge in [-0.3, -0.25) is 9.89 Å². The summed E-state index contributed by atoms with van der Waals surface area (Å²) in [6.07, 6.45) is 2.28. The number of aromatic amines is 1. The van der Waals surface area contributed by atoms with Gasteiger partial charge in [-0.25, -0.2) is 8.42 Å². The van der Waals surface area contributed by atoms with Gasteiger partial charge >= 0.3 is 0 Å². The summed E-state index contributed by atoms with van der Waals surface area (Å²) in [7, 11) is -3.02. The van der Waals surface area contributed by atoms with E-state index >= 15 is 0 Å². The fraction of sp³-hybridized carbons (Fsp3) is 0.667. The molecule has 1 saturated heterocycles. The lowest BCUT2D eigenvalue weighted by molar-refractivity contribution is 0.0688. The first-order chi connectivity index (χ1) is 9.43. The number of carbonyl (C=O) groups excluding carboxylic acids is 1. The molecule has 0 aliphatic carbocycles. The third kappa shape index (κ3) is 3.30. The second-order valence-electron chi connectivity index (χ2n) is 5.12. The molecule has 0 radical (unpaired) electrons. The number of hydrogen-bond donors (Lipinski definition) is 2. The van der Waals surface area contributed by atoms with Crippen LogP contribution in [0.25, 0.3) is 0 Å². The largest absolute Gasteiger partial charge is 0.382 e. The minimum Gasteiger partial charge on any atom is -0.382 e. The van der Waals surface area contributed by atoms with Crippen molar-refractivity contribution in [2.45, 2.75) is 32.2 Å². The van der Waals surface area contributed by atoms with Gasteiger partial charge in [-0.15, -0.1) is 0 Å². The second kappa shape index (κ2) is 5.82. The Kier molecular flexibility index (Phi) is 4.32. The number of sulfone groups is 1. The molecule has 1 amide bonds. The maximum absolute atomic E-state index is 12.5. The lowest BCUT2D eigenvalue weighted by Crippen LogP contribution is -2.42. The average Bonchev–Trinajstić information content (AvgIpc) is 2.96. The Morgan fingerprint density at radius 3 is 2.85 bits per heavy atom. The highest BCUT2D eigenvalue weighted by Gasteiger charge is 2.35. The van der Waals surface area contributed by atoms with Crippen LogP contribution in [0.4, 0.5) is 5.82 Å². The van der Waals surface area contributed by atoms with Gasteiger partial charge in [0, 0.05) is 18.7 Å². The van der Waals surface area contributed by atoms with Crippen molar-refractivity contribution >= 4 is 21.6 Å². The van der Waals surface area contributed by atoms with Gasteiger partial charge < -0.3 is 10.6 Å². The zero-order valence-electron chi connectivity index (χ0n) is 11.5. The van der Waals surface area contributed by atoms with Crippen LogP contribution in [-0.2, 0) is 9.84 Å². The molecular weight excluding hydrogens is 280 g/mol. The number of hydrogen-bond acceptors (Lipinski definition) is 5. The summed E-state index contributed by atoms with van der Waals surface area (Å²) in [6.45, 7) is 2.58. The van der Waals surface area contributed by atoms with Crippen LogP contribution < -0.4 is 5.73 Å². The molecule has 1 aliphatic heterocycles. The molecule has 0 spiro atoms. The van der Waals surface area contributed by atoms with Crippen LogP contribution in [0, 0.1) is 0 Å². The number of unbranched alkanes of at least 4 members (excludes halogenated alkanes) is 1. The minimum absolute atomic E-state index is 0.0477. The lowest BCUT2D eigenvalue weighted by Gasteiger charge is -2.27. The summed E-state index contributed by atoms with van der Waals surface area (Å²) in [5.74, 6) is 0.220. The first kappa shape index (κ1) is 14.8. The third-order valence-corrected chi connectivity index (χ3v) is 5.24. The van der Waals surface area contributed by atoms with Gasteiger partial charge in [0.15, 0.2) is 9.84 Å². The molecule has 1 aromatic rings. The number of nitrogens with zero attached hydrogens (tertiary/aromatic N) is 2. The molecule has 112 valence electrons. The van der Waals surface area contributed by atoms with E-state index in [0.717, 1.165) is 12.8 Å². The molecule has 0 saturated carbocycles. The van der Waals surface area contributed by atoms with E-state index in [-0.39, 0.29) is 29.3 Å². The first-order valence-corrected chi connectivity index (χ1v) is 8.57. The molecule has 8 heteroatoms. The van der Waals surface area contributed by atoms with Crippen LogP contribution in [0.15, 0.2) is 6.07 Å². The van der Waals surface area contributed by atoms with Gasteiger partial charge in [0.1, 0.15) is 11.5 Å². The van der Waals surface area contributed by atoms with Crippen LogP contribution >= 0.6 is 0 Å². The molecule has 2 rings (SSSR count). The number of amides is 1. The number of anilines is 1. The monoisotopic (exact) mass is 300 g/mol. The number of carbonyl (C=O) groups is 1. The summed E-state index contributed by atoms with van der Waals surface area (Å²) >= 11 is 0. The summed E-state index contributed by atoms with van der Waals surface area (Å²) in [4.78, 5) is 14.1. The van der Waals surface area contributed by atoms with Crippen molar-refractivity contribution in [3.05, 3.63) is 11.8 Å². The number of nitrogen functional groups attached to an aromatic ring is 1. The van der Waals surface area contributed by atoms with Gasteiger partial charge in [0.05, 0.1) is 11.5 Å². The molecule has 1 aromatic heterocycles. The Bertz CT molecular complexity index is 581. The fourth-order valence-corrected chi connectivity index (χ4v) is 4.13. The first-order valence-electron chi connectivity index (χ1n) is 6.75. The highest BCUT2D eigenvalue weighted by Crippen LogP contribution is 2.20. The summed E-state index contributed by atoms with van der Waals surface area (Å²) in [5, 5.41) is 6.33. The number of nitrogens with one attached hydrogen (secondary N) is 1. The predicted molar refractivity (Wildman–Crippen MR) is 76.0 cm³/mol. The molecule has 0 aromatic carbocycles. The predicted octanol–water partition coefficient (Wildman–Crippen LogP) is 0.421. The standard InChI is InChI=1S/C12H20N4O3S/c1-2-3-5-16(9-4-6-20(18,19)8-9)12(17)10-7-11(13)15-14-10/h7,9H,2-6,8H2,1H3,(H3,13,14,15). The van der Waals surface area contributed by atoms with E-state index in [1.807, 2.05) is 6.92 Å². The van der Waals surface area contributed by atoms with Gasteiger partial charge in [-0.2, -0.15) is 5.10 Å². The molecule has 1 unspecified atom stereocenters. The highest BCUT2D eigenvalue weighted by molar-refractivity contribution is 7.91. The Labute approximate surface area is 118 Å². The lowest BCUT2D eigenvalue weighted by atomic mass is 10.2. The maximum Gasteiger partial charge on any atom is 0.272 e. The molecule has 3 N–H and O–H groups in total. The van der Waals surface area contributed by atoms with E-state index < -0.39 is 9.84 Å². The topological polar surface area (TPSA) is 109 Å². The van der Waals surface area contributed by atoms with Crippen molar-refractivity contribution in [1.82, 2.24) is 15.1 Å². The van der Waals surface area contributed by atoms with E-state index in [1.165, 1.54) is 6.07 Å². The van der Waals surface area contributed by atoms with Crippen molar-refractivity contribution in [1.29, 1.82) is 0 Å². The zero-order chi connectivity index (χ0) is 14.8. The quantitative estimate of drug-likeness (QED) is 0.819. The van der Waals surface area contributed by atoms with Gasteiger partial charge in [-0.1, -0.05) is 13.3 Å². The second-order valence-corrected chi connectivity index (χ2v) is 7.34. The Morgan fingerprint density at radius 1 is 1.60 bits per heavy atom. The summed E-state index contributed by atoms with van der Waals surface area (Å²) < 4.78 is 23.2. The molecular formula is C12H20N4O3S. The van der Waals surface area contributed by atoms with Crippen LogP contribution in [0.1, 0.15) is 36.7 Å². The van der Waals surface area contributed by atoms with E-state index in [2.05, 4.69) is 10.2 Å². The van der Waals surface area contributed by atoms with E-state index in [1.54, 1.807) is 4.90 Å². The maximum atomic E-state index is 12.5. The third-order valence-electron chi connectivity index (χ3n) is 3.49. The summed E-state index contributed by atoms with van der Waals surface area (Å²) in [5.41, 5.74) is 5.81. The van der Waals surface area contributed by atoms with Crippen molar-refractivity contribution in [2.24, 2.45) is 0 Å². The normalized spacial score (nSPS) is 20.9. The van der Waals surface area contributed by atoms with E-state index in [9.17, 15) is 13.2 Å². The summed E-state index contributed by atoms with van der Waals surface area (Å²) in [6, 6.07) is 1.23. The zero-order valence-corrected chi connectivity index (χ0v) is 12.3. The molecule has 1 fully saturated rings. The number of H-pyrrole nitrogens is 1. The Balaban J connectivity index is 2.17. The van der Waals surface area contributed by atoms with Crippen molar-refractivity contribution in [3.63, 3.8) is 0 Å². The fourth-order valence-electron chi connectivity index (χ4n) is 2.40. The van der Waals surface area contributed by atoms with Gasteiger partial charge in [0.25, 0.3) is 5.91 Å². The van der Waals surface area contributed by atoms with Crippen LogP contribution in [0.3, 0.4) is 0 Å². The van der Waals surface area contributed by atoms with Crippen molar-refractivity contribution in [2.75, 3.05) is 23.8 Å². The molecule has 20 heavy (non-hydrogen) atoms. The Hall–Kier alpha value is -1.57. The average molecular weight is 300 g/mol. The van der Waals surface area contributed by atoms with Crippen LogP contribution in [-0.4, -0.2) is 53.5 Å². The van der Waals surface area contributed by atoms with Crippen molar-refractivity contribution in [3.8, 4) is 0 Å². The molecule has 2 heterocycles. The minimum atomic E-state index is -3.02. The SMILES string of the molecule is CCCCN(C(=O)c1cc(N)n[nH]1)C1CCS(=O)(=O)C1. The molecule has 0 bridgehead atoms. The van der Waals surface area contributed by atoms with Crippen molar-refractivity contribution < 1.29 is 13.2 Å². The number of nitrogens with two attached hydrogens (primary N) is 1. The van der Waals surface area contributed by atoms with Crippen LogP contribution in [0.2, 0.25) is 0 Å². The Morgan fingerprint density at radius 2 is 2.35 bits per heavy atom. The smallest absolute Gasteiger partial charge is 0.272 e. The van der Waals surface area contributed by atoms with Crippen LogP contribution in [0.5, 0.6) is 0 Å². The van der Waals surface area contributed by atoms with E-state index in [4.69, 9.17) is 5.73 Å². The number of aromatic nitrogens is 2. The number of rotatable bonds is 5. The van der Waals surface area contributed by atoms with Gasteiger partial charge in [0.2, 0.25) is 0 Å². The molecule has 1 atom stereocenters. The highest BCUT2D eigenvalue weighted by atomic mass is 32.2. The molecule has 1 aliphatic rings.